The Morgan fingerprint density at radius 3 is 2.11 bits per heavy atom. The van der Waals surface area contributed by atoms with Crippen molar-refractivity contribution >= 4 is 27.8 Å². The summed E-state index contributed by atoms with van der Waals surface area (Å²) in [7, 11) is 0. The van der Waals surface area contributed by atoms with E-state index in [0.717, 1.165) is 16.3 Å². The van der Waals surface area contributed by atoms with Crippen molar-refractivity contribution < 1.29 is 36.2 Å². The summed E-state index contributed by atoms with van der Waals surface area (Å²) in [5.74, 6) is -0.382. The highest BCUT2D eigenvalue weighted by atomic mass is 19.4. The molecule has 198 valence electrons. The number of halogens is 6. The third-order valence-electron chi connectivity index (χ3n) is 6.53. The minimum absolute atomic E-state index is 0.176. The van der Waals surface area contributed by atoms with Gasteiger partial charge in [0.15, 0.2) is 6.10 Å². The first kappa shape index (κ1) is 25.7. The first-order valence-electron chi connectivity index (χ1n) is 11.7. The zero-order chi connectivity index (χ0) is 27.1. The number of aliphatic hydroxyl groups is 1. The number of ether oxygens (including phenoxy) is 1. The lowest BCUT2D eigenvalue weighted by molar-refractivity contribution is -0.274. The molecule has 1 N–H and O–H groups in total. The number of aliphatic hydroxyl groups excluding tert-OH is 1. The SMILES string of the molecule is O[C@H](CN1c2ccccc2N(c2ccc(OC(F)(F)F)cc2)C[C@H]1c1cccc2ccccc12)C(F)(F)F. The van der Waals surface area contributed by atoms with Crippen molar-refractivity contribution in [1.82, 2.24) is 0 Å². The molecule has 0 saturated carbocycles. The van der Waals surface area contributed by atoms with Crippen molar-refractivity contribution in [1.29, 1.82) is 0 Å². The van der Waals surface area contributed by atoms with Crippen LogP contribution in [0.25, 0.3) is 10.8 Å². The van der Waals surface area contributed by atoms with Gasteiger partial charge in [-0.2, -0.15) is 13.2 Å². The number of rotatable bonds is 5. The van der Waals surface area contributed by atoms with Gasteiger partial charge in [-0.25, -0.2) is 0 Å². The van der Waals surface area contributed by atoms with E-state index in [-0.39, 0.29) is 12.3 Å². The molecule has 0 radical (unpaired) electrons. The van der Waals surface area contributed by atoms with E-state index in [1.807, 2.05) is 47.4 Å². The van der Waals surface area contributed by atoms with Crippen molar-refractivity contribution in [3.8, 4) is 5.75 Å². The van der Waals surface area contributed by atoms with Crippen LogP contribution in [0.15, 0.2) is 91.0 Å². The fraction of sp³-hybridized carbons (Fsp3) is 0.214. The van der Waals surface area contributed by atoms with Crippen LogP contribution < -0.4 is 14.5 Å². The molecule has 0 saturated heterocycles. The predicted octanol–water partition coefficient (Wildman–Crippen LogP) is 7.36. The molecular weight excluding hydrogens is 510 g/mol. The molecule has 0 unspecified atom stereocenters. The second-order valence-corrected chi connectivity index (χ2v) is 8.93. The molecule has 1 aliphatic heterocycles. The summed E-state index contributed by atoms with van der Waals surface area (Å²) < 4.78 is 82.4. The Kier molecular flexibility index (Phi) is 6.60. The van der Waals surface area contributed by atoms with Crippen LogP contribution in [0.2, 0.25) is 0 Å². The molecule has 2 atom stereocenters. The van der Waals surface area contributed by atoms with E-state index < -0.39 is 31.2 Å². The van der Waals surface area contributed by atoms with Gasteiger partial charge >= 0.3 is 12.5 Å². The van der Waals surface area contributed by atoms with Crippen LogP contribution in [0, 0.1) is 0 Å². The molecule has 1 aliphatic rings. The third kappa shape index (κ3) is 5.22. The zero-order valence-electron chi connectivity index (χ0n) is 19.7. The Hall–Kier alpha value is -3.92. The lowest BCUT2D eigenvalue weighted by Crippen LogP contribution is -2.48. The number of β-amino-alcohol motifs (C(OH)–C–C–N with tert-alkyl or cyclic N) is 1. The number of para-hydroxylation sites is 2. The number of fused-ring (bicyclic) bond motifs is 2. The van der Waals surface area contributed by atoms with Crippen LogP contribution in [0.3, 0.4) is 0 Å². The highest BCUT2D eigenvalue weighted by Gasteiger charge is 2.43. The molecule has 0 fully saturated rings. The van der Waals surface area contributed by atoms with Crippen molar-refractivity contribution in [2.75, 3.05) is 22.9 Å². The van der Waals surface area contributed by atoms with Gasteiger partial charge in [0.05, 0.1) is 24.0 Å². The van der Waals surface area contributed by atoms with Crippen molar-refractivity contribution in [3.63, 3.8) is 0 Å². The van der Waals surface area contributed by atoms with Crippen LogP contribution in [-0.2, 0) is 0 Å². The zero-order valence-corrected chi connectivity index (χ0v) is 19.7. The average Bonchev–Trinajstić information content (AvgIpc) is 2.87. The molecule has 0 amide bonds. The smallest absolute Gasteiger partial charge is 0.406 e. The molecule has 4 nitrogen and oxygen atoms in total. The summed E-state index contributed by atoms with van der Waals surface area (Å²) in [5.41, 5.74) is 2.31. The summed E-state index contributed by atoms with van der Waals surface area (Å²) in [6.07, 6.45) is -12.2. The lowest BCUT2D eigenvalue weighted by Gasteiger charge is -2.46. The molecule has 38 heavy (non-hydrogen) atoms. The van der Waals surface area contributed by atoms with Gasteiger partial charge in [0, 0.05) is 12.2 Å². The number of hydrogen-bond donors (Lipinski definition) is 1. The van der Waals surface area contributed by atoms with Gasteiger partial charge in [-0.05, 0) is 52.7 Å². The molecular formula is C28H22F6N2O2. The van der Waals surface area contributed by atoms with Gasteiger partial charge in [-0.3, -0.25) is 0 Å². The second-order valence-electron chi connectivity index (χ2n) is 8.93. The van der Waals surface area contributed by atoms with Crippen molar-refractivity contribution in [2.45, 2.75) is 24.7 Å². The molecule has 0 aliphatic carbocycles. The number of anilines is 3. The standard InChI is InChI=1S/C28H22F6N2O2/c29-27(30,31)26(37)17-36-24-11-4-3-10-23(24)35(19-12-14-20(15-13-19)38-28(32,33)34)16-25(36)22-9-5-7-18-6-1-2-8-21(18)22/h1-15,25-26,37H,16-17H2/t25-,26+/m0/s1. The van der Waals surface area contributed by atoms with Crippen molar-refractivity contribution in [3.05, 3.63) is 96.6 Å². The fourth-order valence-corrected chi connectivity index (χ4v) is 4.87. The fourth-order valence-electron chi connectivity index (χ4n) is 4.87. The Labute approximate surface area is 214 Å². The Morgan fingerprint density at radius 1 is 0.789 bits per heavy atom. The van der Waals surface area contributed by atoms with E-state index in [2.05, 4.69) is 4.74 Å². The Balaban J connectivity index is 1.62. The lowest BCUT2D eigenvalue weighted by atomic mass is 9.93. The molecule has 0 aromatic heterocycles. The minimum atomic E-state index is -4.83. The highest BCUT2D eigenvalue weighted by molar-refractivity contribution is 5.88. The summed E-state index contributed by atoms with van der Waals surface area (Å²) >= 11 is 0. The largest absolute Gasteiger partial charge is 0.573 e. The van der Waals surface area contributed by atoms with Gasteiger partial charge in [0.1, 0.15) is 5.75 Å². The van der Waals surface area contributed by atoms with Crippen LogP contribution in [0.4, 0.5) is 43.4 Å². The Bertz CT molecular complexity index is 1420. The van der Waals surface area contributed by atoms with Gasteiger partial charge < -0.3 is 19.6 Å². The summed E-state index contributed by atoms with van der Waals surface area (Å²) in [5, 5.41) is 11.8. The summed E-state index contributed by atoms with van der Waals surface area (Å²) in [6.45, 7) is -0.518. The second kappa shape index (κ2) is 9.75. The number of hydrogen-bond acceptors (Lipinski definition) is 4. The number of benzene rings is 4. The van der Waals surface area contributed by atoms with Crippen LogP contribution in [-0.4, -0.2) is 36.8 Å². The normalized spacial score (nSPS) is 16.9. The third-order valence-corrected chi connectivity index (χ3v) is 6.53. The first-order valence-corrected chi connectivity index (χ1v) is 11.7. The minimum Gasteiger partial charge on any atom is -0.406 e. The summed E-state index contributed by atoms with van der Waals surface area (Å²) in [6, 6.07) is 24.6. The Morgan fingerprint density at radius 2 is 1.42 bits per heavy atom. The highest BCUT2D eigenvalue weighted by Crippen LogP contribution is 2.46. The molecule has 0 bridgehead atoms. The van der Waals surface area contributed by atoms with Gasteiger partial charge in [-0.15, -0.1) is 13.2 Å². The van der Waals surface area contributed by atoms with E-state index in [1.165, 1.54) is 24.3 Å². The summed E-state index contributed by atoms with van der Waals surface area (Å²) in [4.78, 5) is 3.39. The van der Waals surface area contributed by atoms with Gasteiger partial charge in [0.2, 0.25) is 0 Å². The van der Waals surface area contributed by atoms with Gasteiger partial charge in [-0.1, -0.05) is 54.6 Å². The quantitative estimate of drug-likeness (QED) is 0.273. The number of alkyl halides is 6. The van der Waals surface area contributed by atoms with E-state index in [0.29, 0.717) is 17.1 Å². The topological polar surface area (TPSA) is 35.9 Å². The van der Waals surface area contributed by atoms with E-state index in [1.54, 1.807) is 29.2 Å². The molecule has 1 heterocycles. The monoisotopic (exact) mass is 532 g/mol. The van der Waals surface area contributed by atoms with E-state index >= 15 is 0 Å². The molecule has 10 heteroatoms. The van der Waals surface area contributed by atoms with E-state index in [9.17, 15) is 31.4 Å². The first-order chi connectivity index (χ1) is 18.0. The maximum absolute atomic E-state index is 13.5. The van der Waals surface area contributed by atoms with Crippen LogP contribution in [0.1, 0.15) is 11.6 Å². The average molecular weight is 532 g/mol. The van der Waals surface area contributed by atoms with Crippen molar-refractivity contribution in [2.24, 2.45) is 0 Å². The molecule has 0 spiro atoms. The maximum atomic E-state index is 13.5. The molecule has 4 aromatic rings. The van der Waals surface area contributed by atoms with Crippen LogP contribution >= 0.6 is 0 Å². The molecule has 5 rings (SSSR count). The van der Waals surface area contributed by atoms with Gasteiger partial charge in [0.25, 0.3) is 0 Å². The van der Waals surface area contributed by atoms with Crippen LogP contribution in [0.5, 0.6) is 5.75 Å². The maximum Gasteiger partial charge on any atom is 0.573 e. The predicted molar refractivity (Wildman–Crippen MR) is 133 cm³/mol. The number of nitrogens with zero attached hydrogens (tertiary/aromatic N) is 2. The molecule has 4 aromatic carbocycles. The van der Waals surface area contributed by atoms with E-state index in [4.69, 9.17) is 0 Å².